The third kappa shape index (κ3) is 4.39. The maximum absolute atomic E-state index is 11.8. The van der Waals surface area contributed by atoms with E-state index >= 15 is 0 Å². The average molecular weight is 339 g/mol. The van der Waals surface area contributed by atoms with Crippen molar-refractivity contribution in [1.29, 1.82) is 0 Å². The Morgan fingerprint density at radius 1 is 1.39 bits per heavy atom. The molecule has 7 heteroatoms. The normalized spacial score (nSPS) is 12.9. The molecule has 124 valence electrons. The fourth-order valence-corrected chi connectivity index (χ4v) is 2.53. The van der Waals surface area contributed by atoms with Crippen LogP contribution < -0.4 is 5.32 Å². The van der Waals surface area contributed by atoms with E-state index in [9.17, 15) is 14.7 Å². The van der Waals surface area contributed by atoms with E-state index in [1.165, 1.54) is 0 Å². The molecule has 1 aromatic heterocycles. The van der Waals surface area contributed by atoms with Crippen LogP contribution in [0.15, 0.2) is 24.4 Å². The van der Waals surface area contributed by atoms with Crippen molar-refractivity contribution in [3.8, 4) is 0 Å². The minimum Gasteiger partial charge on any atom is -0.480 e. The second-order valence-electron chi connectivity index (χ2n) is 6.22. The van der Waals surface area contributed by atoms with Crippen LogP contribution in [0.4, 0.5) is 4.79 Å². The zero-order valence-corrected chi connectivity index (χ0v) is 13.9. The Kier molecular flexibility index (Phi) is 4.85. The quantitative estimate of drug-likeness (QED) is 0.797. The summed E-state index contributed by atoms with van der Waals surface area (Å²) >= 11 is 6.18. The topological polar surface area (TPSA) is 91.4 Å². The first-order chi connectivity index (χ1) is 10.7. The van der Waals surface area contributed by atoms with Gasteiger partial charge in [0.1, 0.15) is 11.6 Å². The van der Waals surface area contributed by atoms with Crippen LogP contribution in [0.25, 0.3) is 10.9 Å². The maximum Gasteiger partial charge on any atom is 0.408 e. The molecular formula is C16H19ClN2O4. The van der Waals surface area contributed by atoms with Crippen LogP contribution in [-0.4, -0.2) is 33.8 Å². The standard InChI is InChI=1S/C16H19ClN2O4/c1-16(2,3)23-15(22)19-12(14(20)21)7-9-8-18-11-6-4-5-10(17)13(9)11/h4-6,8,12,18H,7H2,1-3H3,(H,19,22)(H,20,21)/t12-/m1/s1. The van der Waals surface area contributed by atoms with Crippen LogP contribution in [0.2, 0.25) is 5.02 Å². The lowest BCUT2D eigenvalue weighted by Gasteiger charge is -2.22. The van der Waals surface area contributed by atoms with Gasteiger partial charge in [-0.15, -0.1) is 0 Å². The Morgan fingerprint density at radius 3 is 2.70 bits per heavy atom. The number of carbonyl (C=O) groups excluding carboxylic acids is 1. The van der Waals surface area contributed by atoms with Crippen molar-refractivity contribution in [3.63, 3.8) is 0 Å². The molecule has 0 radical (unpaired) electrons. The van der Waals surface area contributed by atoms with Gasteiger partial charge < -0.3 is 20.1 Å². The number of fused-ring (bicyclic) bond motifs is 1. The second-order valence-corrected chi connectivity index (χ2v) is 6.62. The number of aromatic amines is 1. The number of hydrogen-bond acceptors (Lipinski definition) is 3. The molecule has 1 aromatic carbocycles. The first-order valence-electron chi connectivity index (χ1n) is 7.14. The molecule has 0 bridgehead atoms. The van der Waals surface area contributed by atoms with Gasteiger partial charge in [0.05, 0.1) is 5.02 Å². The van der Waals surface area contributed by atoms with E-state index in [0.717, 1.165) is 10.9 Å². The molecule has 2 aromatic rings. The van der Waals surface area contributed by atoms with E-state index in [2.05, 4.69) is 10.3 Å². The number of halogens is 1. The van der Waals surface area contributed by atoms with Crippen molar-refractivity contribution in [1.82, 2.24) is 10.3 Å². The lowest BCUT2D eigenvalue weighted by atomic mass is 10.1. The van der Waals surface area contributed by atoms with Crippen LogP contribution >= 0.6 is 11.6 Å². The van der Waals surface area contributed by atoms with Crippen molar-refractivity contribution in [2.45, 2.75) is 38.8 Å². The highest BCUT2D eigenvalue weighted by molar-refractivity contribution is 6.35. The highest BCUT2D eigenvalue weighted by atomic mass is 35.5. The number of aliphatic carboxylic acids is 1. The number of nitrogens with one attached hydrogen (secondary N) is 2. The molecule has 2 rings (SSSR count). The molecular weight excluding hydrogens is 320 g/mol. The van der Waals surface area contributed by atoms with E-state index < -0.39 is 23.7 Å². The third-order valence-electron chi connectivity index (χ3n) is 3.15. The number of amides is 1. The Balaban J connectivity index is 2.19. The van der Waals surface area contributed by atoms with E-state index in [0.29, 0.717) is 10.6 Å². The molecule has 0 aliphatic rings. The number of carbonyl (C=O) groups is 2. The molecule has 1 amide bonds. The van der Waals surface area contributed by atoms with Crippen molar-refractivity contribution in [3.05, 3.63) is 35.0 Å². The number of ether oxygens (including phenoxy) is 1. The van der Waals surface area contributed by atoms with Gasteiger partial charge in [-0.25, -0.2) is 9.59 Å². The molecule has 3 N–H and O–H groups in total. The predicted octanol–water partition coefficient (Wildman–Crippen LogP) is 3.34. The molecule has 0 aliphatic heterocycles. The largest absolute Gasteiger partial charge is 0.480 e. The number of H-pyrrole nitrogens is 1. The van der Waals surface area contributed by atoms with E-state index in [1.54, 1.807) is 39.1 Å². The number of benzene rings is 1. The first kappa shape index (κ1) is 17.1. The van der Waals surface area contributed by atoms with Gasteiger partial charge >= 0.3 is 12.1 Å². The molecule has 0 spiro atoms. The van der Waals surface area contributed by atoms with Crippen molar-refractivity contribution in [2.24, 2.45) is 0 Å². The fourth-order valence-electron chi connectivity index (χ4n) is 2.24. The predicted molar refractivity (Wildman–Crippen MR) is 87.8 cm³/mol. The molecule has 1 atom stereocenters. The van der Waals surface area contributed by atoms with Crippen molar-refractivity contribution >= 4 is 34.6 Å². The zero-order chi connectivity index (χ0) is 17.2. The summed E-state index contributed by atoms with van der Waals surface area (Å²) < 4.78 is 5.10. The average Bonchev–Trinajstić information content (AvgIpc) is 2.80. The summed E-state index contributed by atoms with van der Waals surface area (Å²) in [7, 11) is 0. The highest BCUT2D eigenvalue weighted by Crippen LogP contribution is 2.27. The van der Waals surface area contributed by atoms with Crippen LogP contribution in [0.5, 0.6) is 0 Å². The van der Waals surface area contributed by atoms with Gasteiger partial charge in [0.15, 0.2) is 0 Å². The van der Waals surface area contributed by atoms with Crippen LogP contribution in [-0.2, 0) is 16.0 Å². The molecule has 1 heterocycles. The zero-order valence-electron chi connectivity index (χ0n) is 13.1. The number of aromatic nitrogens is 1. The summed E-state index contributed by atoms with van der Waals surface area (Å²) in [5.74, 6) is -1.14. The van der Waals surface area contributed by atoms with Gasteiger partial charge in [-0.05, 0) is 38.5 Å². The van der Waals surface area contributed by atoms with Crippen LogP contribution in [0.3, 0.4) is 0 Å². The Labute approximate surface area is 138 Å². The Hall–Kier alpha value is -2.21. The number of carboxylic acid groups (broad SMARTS) is 1. The van der Waals surface area contributed by atoms with E-state index in [-0.39, 0.29) is 6.42 Å². The lowest BCUT2D eigenvalue weighted by molar-refractivity contribution is -0.139. The van der Waals surface area contributed by atoms with Gasteiger partial charge in [-0.1, -0.05) is 17.7 Å². The Bertz CT molecular complexity index is 733. The van der Waals surface area contributed by atoms with Gasteiger partial charge in [-0.2, -0.15) is 0 Å². The summed E-state index contributed by atoms with van der Waals surface area (Å²) in [6, 6.07) is 4.28. The van der Waals surface area contributed by atoms with Gasteiger partial charge in [0, 0.05) is 23.5 Å². The van der Waals surface area contributed by atoms with Gasteiger partial charge in [0.2, 0.25) is 0 Å². The SMILES string of the molecule is CC(C)(C)OC(=O)N[C@H](Cc1c[nH]c2cccc(Cl)c12)C(=O)O. The third-order valence-corrected chi connectivity index (χ3v) is 3.46. The fraction of sp³-hybridized carbons (Fsp3) is 0.375. The second kappa shape index (κ2) is 6.50. The molecule has 23 heavy (non-hydrogen) atoms. The molecule has 0 saturated carbocycles. The summed E-state index contributed by atoms with van der Waals surface area (Å²) in [5.41, 5.74) is 0.833. The number of carboxylic acids is 1. The minimum atomic E-state index is -1.14. The van der Waals surface area contributed by atoms with Crippen LogP contribution in [0.1, 0.15) is 26.3 Å². The first-order valence-corrected chi connectivity index (χ1v) is 7.52. The maximum atomic E-state index is 11.8. The van der Waals surface area contributed by atoms with Crippen molar-refractivity contribution < 1.29 is 19.4 Å². The van der Waals surface area contributed by atoms with Crippen molar-refractivity contribution in [2.75, 3.05) is 0 Å². The monoisotopic (exact) mass is 338 g/mol. The minimum absolute atomic E-state index is 0.0955. The van der Waals surface area contributed by atoms with E-state index in [4.69, 9.17) is 16.3 Å². The highest BCUT2D eigenvalue weighted by Gasteiger charge is 2.25. The number of hydrogen-bond donors (Lipinski definition) is 3. The van der Waals surface area contributed by atoms with Gasteiger partial charge in [0.25, 0.3) is 0 Å². The molecule has 0 unspecified atom stereocenters. The molecule has 6 nitrogen and oxygen atoms in total. The number of alkyl carbamates (subject to hydrolysis) is 1. The van der Waals surface area contributed by atoms with E-state index in [1.807, 2.05) is 6.07 Å². The molecule has 0 saturated heterocycles. The van der Waals surface area contributed by atoms with Gasteiger partial charge in [-0.3, -0.25) is 0 Å². The summed E-state index contributed by atoms with van der Waals surface area (Å²) in [4.78, 5) is 26.3. The Morgan fingerprint density at radius 2 is 2.09 bits per heavy atom. The summed E-state index contributed by atoms with van der Waals surface area (Å²) in [5, 5.41) is 13.0. The smallest absolute Gasteiger partial charge is 0.408 e. The van der Waals surface area contributed by atoms with Crippen LogP contribution in [0, 0.1) is 0 Å². The molecule has 0 aliphatic carbocycles. The lowest BCUT2D eigenvalue weighted by Crippen LogP contribution is -2.44. The summed E-state index contributed by atoms with van der Waals surface area (Å²) in [6.45, 7) is 5.13. The molecule has 0 fully saturated rings. The summed E-state index contributed by atoms with van der Waals surface area (Å²) in [6.07, 6.45) is 1.03. The number of rotatable bonds is 4.